The van der Waals surface area contributed by atoms with Gasteiger partial charge in [-0.15, -0.1) is 0 Å². The summed E-state index contributed by atoms with van der Waals surface area (Å²) >= 11 is 6.22. The van der Waals surface area contributed by atoms with Crippen molar-refractivity contribution in [3.63, 3.8) is 0 Å². The van der Waals surface area contributed by atoms with Gasteiger partial charge in [-0.1, -0.05) is 29.8 Å². The van der Waals surface area contributed by atoms with Gasteiger partial charge in [0.1, 0.15) is 11.5 Å². The zero-order valence-corrected chi connectivity index (χ0v) is 12.4. The Morgan fingerprint density at radius 1 is 1.14 bits per heavy atom. The van der Waals surface area contributed by atoms with E-state index in [0.717, 1.165) is 0 Å². The number of amides is 1. The van der Waals surface area contributed by atoms with E-state index in [2.05, 4.69) is 4.99 Å². The predicted octanol–water partition coefficient (Wildman–Crippen LogP) is 4.13. The molecule has 0 radical (unpaired) electrons. The number of aliphatic imine (C=N–C) groups is 1. The van der Waals surface area contributed by atoms with Gasteiger partial charge >= 0.3 is 0 Å². The lowest BCUT2D eigenvalue weighted by atomic mass is 10.2. The lowest BCUT2D eigenvalue weighted by molar-refractivity contribution is 0.0839. The van der Waals surface area contributed by atoms with Crippen molar-refractivity contribution in [2.45, 2.75) is 0 Å². The van der Waals surface area contributed by atoms with Crippen molar-refractivity contribution < 1.29 is 9.53 Å². The molecule has 0 atom stereocenters. The van der Waals surface area contributed by atoms with E-state index in [-0.39, 0.29) is 5.91 Å². The Morgan fingerprint density at radius 3 is 2.64 bits per heavy atom. The van der Waals surface area contributed by atoms with Gasteiger partial charge in [-0.25, -0.2) is 0 Å². The van der Waals surface area contributed by atoms with Gasteiger partial charge in [0, 0.05) is 24.7 Å². The second-order valence-corrected chi connectivity index (χ2v) is 5.05. The molecule has 0 aliphatic carbocycles. The number of hydrogen-bond donors (Lipinski definition) is 0. The Balaban J connectivity index is 1.79. The summed E-state index contributed by atoms with van der Waals surface area (Å²) in [5.74, 6) is 1.13. The maximum absolute atomic E-state index is 12.4. The highest BCUT2D eigenvalue weighted by molar-refractivity contribution is 6.34. The number of carbonyl (C=O) groups excluding carboxylic acids is 1. The number of ether oxygens (including phenoxy) is 1. The molecular formula is C17H13ClN2O2. The van der Waals surface area contributed by atoms with Crippen molar-refractivity contribution in [3.05, 3.63) is 71.5 Å². The van der Waals surface area contributed by atoms with Gasteiger partial charge in [-0.2, -0.15) is 0 Å². The van der Waals surface area contributed by atoms with Crippen LogP contribution in [-0.4, -0.2) is 23.6 Å². The third kappa shape index (κ3) is 3.18. The van der Waals surface area contributed by atoms with Crippen molar-refractivity contribution in [1.29, 1.82) is 0 Å². The normalized spacial score (nSPS) is 13.2. The molecule has 0 N–H and O–H groups in total. The summed E-state index contributed by atoms with van der Waals surface area (Å²) in [6, 6.07) is 14.4. The molecule has 1 amide bonds. The van der Waals surface area contributed by atoms with Crippen LogP contribution < -0.4 is 4.74 Å². The first-order valence-electron chi connectivity index (χ1n) is 6.76. The van der Waals surface area contributed by atoms with Crippen LogP contribution in [0.1, 0.15) is 10.4 Å². The van der Waals surface area contributed by atoms with Crippen LogP contribution in [0.2, 0.25) is 5.02 Å². The van der Waals surface area contributed by atoms with Crippen LogP contribution in [0.15, 0.2) is 65.9 Å². The number of benzene rings is 2. The van der Waals surface area contributed by atoms with Gasteiger partial charge < -0.3 is 9.64 Å². The fourth-order valence-electron chi connectivity index (χ4n) is 2.04. The fourth-order valence-corrected chi connectivity index (χ4v) is 2.29. The van der Waals surface area contributed by atoms with E-state index in [4.69, 9.17) is 16.3 Å². The number of nitrogens with zero attached hydrogens (tertiary/aromatic N) is 2. The summed E-state index contributed by atoms with van der Waals surface area (Å²) in [7, 11) is 0. The van der Waals surface area contributed by atoms with Crippen LogP contribution in [0.25, 0.3) is 0 Å². The number of hydrogen-bond acceptors (Lipinski definition) is 3. The predicted molar refractivity (Wildman–Crippen MR) is 86.6 cm³/mol. The molecule has 1 aliphatic heterocycles. The smallest absolute Gasteiger partial charge is 0.259 e. The van der Waals surface area contributed by atoms with Gasteiger partial charge in [0.2, 0.25) is 0 Å². The van der Waals surface area contributed by atoms with Crippen LogP contribution in [0.3, 0.4) is 0 Å². The molecule has 2 aromatic carbocycles. The summed E-state index contributed by atoms with van der Waals surface area (Å²) in [5, 5.41) is 0.356. The van der Waals surface area contributed by atoms with Gasteiger partial charge in [0.15, 0.2) is 0 Å². The third-order valence-electron chi connectivity index (χ3n) is 3.13. The first-order chi connectivity index (χ1) is 10.7. The van der Waals surface area contributed by atoms with E-state index in [1.165, 1.54) is 0 Å². The van der Waals surface area contributed by atoms with E-state index in [0.29, 0.717) is 28.6 Å². The van der Waals surface area contributed by atoms with Gasteiger partial charge in [0.25, 0.3) is 5.91 Å². The molecular weight excluding hydrogens is 300 g/mol. The molecule has 110 valence electrons. The highest BCUT2D eigenvalue weighted by Gasteiger charge is 2.17. The molecule has 0 saturated heterocycles. The first kappa shape index (κ1) is 14.4. The molecule has 0 aromatic heterocycles. The summed E-state index contributed by atoms with van der Waals surface area (Å²) in [5.41, 5.74) is 0.432. The Bertz CT molecular complexity index is 742. The lowest BCUT2D eigenvalue weighted by Crippen LogP contribution is -2.29. The molecule has 0 bridgehead atoms. The quantitative estimate of drug-likeness (QED) is 0.855. The molecule has 0 unspecified atom stereocenters. The average molecular weight is 313 g/mol. The topological polar surface area (TPSA) is 41.9 Å². The molecule has 2 aromatic rings. The first-order valence-corrected chi connectivity index (χ1v) is 7.13. The summed E-state index contributed by atoms with van der Waals surface area (Å²) in [6.45, 7) is 0.438. The minimum Gasteiger partial charge on any atom is -0.457 e. The van der Waals surface area contributed by atoms with E-state index in [1.54, 1.807) is 41.7 Å². The van der Waals surface area contributed by atoms with Crippen LogP contribution in [-0.2, 0) is 0 Å². The Kier molecular flexibility index (Phi) is 4.21. The number of carbonyl (C=O) groups is 1. The van der Waals surface area contributed by atoms with Crippen LogP contribution in [0.5, 0.6) is 11.5 Å². The Labute approximate surface area is 133 Å². The van der Waals surface area contributed by atoms with Crippen LogP contribution in [0.4, 0.5) is 0 Å². The Hall–Kier alpha value is -2.59. The van der Waals surface area contributed by atoms with E-state index in [9.17, 15) is 4.79 Å². The molecule has 1 heterocycles. The van der Waals surface area contributed by atoms with Gasteiger partial charge in [-0.3, -0.25) is 9.79 Å². The maximum Gasteiger partial charge on any atom is 0.259 e. The number of rotatable bonds is 3. The Morgan fingerprint density at radius 2 is 1.95 bits per heavy atom. The summed E-state index contributed by atoms with van der Waals surface area (Å²) in [6.07, 6.45) is 4.87. The van der Waals surface area contributed by atoms with Gasteiger partial charge in [-0.05, 0) is 24.3 Å². The standard InChI is InChI=1S/C17H13ClN2O2/c18-16-12-14(22-13-4-2-1-3-5-13)6-7-15(16)17(21)20-10-8-19-9-11-20/h1-10,12H,11H2. The number of para-hydroxylation sites is 1. The minimum atomic E-state index is -0.168. The van der Waals surface area contributed by atoms with Gasteiger partial charge in [0.05, 0.1) is 17.1 Å². The SMILES string of the molecule is O=C(c1ccc(Oc2ccccc2)cc1Cl)N1C=CN=CC1. The summed E-state index contributed by atoms with van der Waals surface area (Å²) < 4.78 is 5.69. The zero-order chi connectivity index (χ0) is 15.4. The van der Waals surface area contributed by atoms with Crippen LogP contribution in [0, 0.1) is 0 Å². The molecule has 1 aliphatic rings. The molecule has 0 saturated carbocycles. The molecule has 0 fully saturated rings. The molecule has 4 nitrogen and oxygen atoms in total. The second kappa shape index (κ2) is 6.45. The van der Waals surface area contributed by atoms with Crippen molar-refractivity contribution >= 4 is 23.7 Å². The maximum atomic E-state index is 12.4. The molecule has 0 spiro atoms. The van der Waals surface area contributed by atoms with Crippen molar-refractivity contribution in [2.24, 2.45) is 4.99 Å². The lowest BCUT2D eigenvalue weighted by Gasteiger charge is -2.18. The van der Waals surface area contributed by atoms with Crippen LogP contribution >= 0.6 is 11.6 Å². The van der Waals surface area contributed by atoms with E-state index >= 15 is 0 Å². The third-order valence-corrected chi connectivity index (χ3v) is 3.44. The molecule has 5 heteroatoms. The largest absolute Gasteiger partial charge is 0.457 e. The van der Waals surface area contributed by atoms with Crippen molar-refractivity contribution in [3.8, 4) is 11.5 Å². The second-order valence-electron chi connectivity index (χ2n) is 4.64. The van der Waals surface area contributed by atoms with Crippen molar-refractivity contribution in [2.75, 3.05) is 6.54 Å². The highest BCUT2D eigenvalue weighted by Crippen LogP contribution is 2.27. The summed E-state index contributed by atoms with van der Waals surface area (Å²) in [4.78, 5) is 17.9. The average Bonchev–Trinajstić information content (AvgIpc) is 2.56. The molecule has 3 rings (SSSR count). The number of halogens is 1. The fraction of sp³-hybridized carbons (Fsp3) is 0.0588. The molecule has 22 heavy (non-hydrogen) atoms. The highest BCUT2D eigenvalue weighted by atomic mass is 35.5. The van der Waals surface area contributed by atoms with E-state index in [1.807, 2.05) is 30.3 Å². The monoisotopic (exact) mass is 312 g/mol. The van der Waals surface area contributed by atoms with Crippen molar-refractivity contribution in [1.82, 2.24) is 4.90 Å². The minimum absolute atomic E-state index is 0.168. The zero-order valence-electron chi connectivity index (χ0n) is 11.6. The van der Waals surface area contributed by atoms with E-state index < -0.39 is 0 Å².